The Labute approximate surface area is 99.8 Å². The summed E-state index contributed by atoms with van der Waals surface area (Å²) in [6, 6.07) is 4.89. The van der Waals surface area contributed by atoms with Crippen molar-refractivity contribution in [2.75, 3.05) is 0 Å². The lowest BCUT2D eigenvalue weighted by Crippen LogP contribution is -2.17. The van der Waals surface area contributed by atoms with Crippen LogP contribution >= 0.6 is 0 Å². The highest BCUT2D eigenvalue weighted by Crippen LogP contribution is 2.12. The molecule has 0 spiro atoms. The number of nitro groups is 1. The fraction of sp³-hybridized carbons (Fsp3) is 0.300. The molecule has 0 saturated heterocycles. The molecule has 0 aromatic heterocycles. The summed E-state index contributed by atoms with van der Waals surface area (Å²) < 4.78 is 0. The molecule has 0 heterocycles. The fourth-order valence-corrected chi connectivity index (χ4v) is 0.753. The Hall–Kier alpha value is -1.73. The Morgan fingerprint density at radius 2 is 1.82 bits per heavy atom. The first-order valence-electron chi connectivity index (χ1n) is 4.81. The van der Waals surface area contributed by atoms with Crippen LogP contribution in [0.15, 0.2) is 24.3 Å². The molecule has 0 unspecified atom stereocenters. The predicted molar refractivity (Wildman–Crippen MR) is 65.6 cm³/mol. The highest BCUT2D eigenvalue weighted by molar-refractivity contribution is 6.68. The highest BCUT2D eigenvalue weighted by Gasteiger charge is 2.09. The van der Waals surface area contributed by atoms with Crippen LogP contribution in [0, 0.1) is 10.1 Å². The Morgan fingerprint density at radius 3 is 2.18 bits per heavy atom. The number of nitrogens with zero attached hydrogens (tertiary/aromatic N) is 1. The van der Waals surface area contributed by atoms with Crippen LogP contribution in [0.25, 0.3) is 0 Å². The molecule has 17 heavy (non-hydrogen) atoms. The monoisotopic (exact) mass is 257 g/mol. The van der Waals surface area contributed by atoms with Crippen molar-refractivity contribution in [2.24, 2.45) is 0 Å². The van der Waals surface area contributed by atoms with Crippen molar-refractivity contribution >= 4 is 20.0 Å². The Bertz CT molecular complexity index is 378. The van der Waals surface area contributed by atoms with Gasteiger partial charge in [-0.3, -0.25) is 10.1 Å². The highest BCUT2D eigenvalue weighted by atomic mass is 28.4. The van der Waals surface area contributed by atoms with Crippen LogP contribution in [0.5, 0.6) is 0 Å². The van der Waals surface area contributed by atoms with E-state index in [4.69, 9.17) is 9.90 Å². The third kappa shape index (κ3) is 8.11. The maximum atomic E-state index is 10.4. The largest absolute Gasteiger partial charge is 0.478 e. The number of non-ortho nitro benzene ring substituents is 1. The summed E-state index contributed by atoms with van der Waals surface area (Å²) in [7, 11) is -1.61. The van der Waals surface area contributed by atoms with E-state index >= 15 is 0 Å². The van der Waals surface area contributed by atoms with E-state index in [9.17, 15) is 14.9 Å². The molecule has 1 rings (SSSR count). The van der Waals surface area contributed by atoms with Gasteiger partial charge in [-0.05, 0) is 25.7 Å². The van der Waals surface area contributed by atoms with Crippen LogP contribution in [-0.2, 0) is 0 Å². The van der Waals surface area contributed by atoms with Gasteiger partial charge in [-0.1, -0.05) is 6.07 Å². The number of carbonyl (C=O) groups is 1. The van der Waals surface area contributed by atoms with Gasteiger partial charge in [-0.15, -0.1) is 0 Å². The molecule has 0 aliphatic rings. The van der Waals surface area contributed by atoms with Crippen molar-refractivity contribution in [3.63, 3.8) is 0 Å². The van der Waals surface area contributed by atoms with Crippen LogP contribution in [0.3, 0.4) is 0 Å². The molecule has 1 aromatic carbocycles. The van der Waals surface area contributed by atoms with Crippen LogP contribution in [-0.4, -0.2) is 29.1 Å². The summed E-state index contributed by atoms with van der Waals surface area (Å²) in [6.07, 6.45) is 0. The molecule has 0 aliphatic carbocycles. The molecule has 2 N–H and O–H groups in total. The summed E-state index contributed by atoms with van der Waals surface area (Å²) in [5.74, 6) is -1.17. The third-order valence-electron chi connectivity index (χ3n) is 1.30. The van der Waals surface area contributed by atoms with Crippen molar-refractivity contribution in [1.82, 2.24) is 0 Å². The van der Waals surface area contributed by atoms with Crippen molar-refractivity contribution in [2.45, 2.75) is 19.6 Å². The van der Waals surface area contributed by atoms with Crippen LogP contribution < -0.4 is 0 Å². The molecule has 1 aromatic rings. The zero-order valence-corrected chi connectivity index (χ0v) is 10.9. The summed E-state index contributed by atoms with van der Waals surface area (Å²) in [4.78, 5) is 28.6. The second-order valence-electron chi connectivity index (χ2n) is 4.28. The van der Waals surface area contributed by atoms with Gasteiger partial charge in [0.15, 0.2) is 8.32 Å². The van der Waals surface area contributed by atoms with Gasteiger partial charge < -0.3 is 9.90 Å². The van der Waals surface area contributed by atoms with Crippen molar-refractivity contribution in [1.29, 1.82) is 0 Å². The van der Waals surface area contributed by atoms with Crippen molar-refractivity contribution < 1.29 is 19.6 Å². The number of benzene rings is 1. The van der Waals surface area contributed by atoms with E-state index in [2.05, 4.69) is 0 Å². The number of carboxylic acids is 1. The zero-order valence-electron chi connectivity index (χ0n) is 9.88. The molecule has 94 valence electrons. The Kier molecular flexibility index (Phi) is 5.49. The van der Waals surface area contributed by atoms with Gasteiger partial charge in [0.1, 0.15) is 0 Å². The zero-order chi connectivity index (χ0) is 13.6. The molecular weight excluding hydrogens is 242 g/mol. The fourth-order valence-electron chi connectivity index (χ4n) is 0.753. The average Bonchev–Trinajstić information content (AvgIpc) is 2.15. The minimum atomic E-state index is -1.61. The second kappa shape index (κ2) is 6.11. The van der Waals surface area contributed by atoms with E-state index in [1.165, 1.54) is 18.2 Å². The average molecular weight is 257 g/mol. The number of rotatable bonds is 2. The lowest BCUT2D eigenvalue weighted by molar-refractivity contribution is -0.384. The predicted octanol–water partition coefficient (Wildman–Crippen LogP) is 2.11. The molecule has 0 radical (unpaired) electrons. The van der Waals surface area contributed by atoms with Crippen LogP contribution in [0.2, 0.25) is 19.6 Å². The number of aromatic carboxylic acids is 1. The summed E-state index contributed by atoms with van der Waals surface area (Å²) in [5.41, 5.74) is -0.292. The number of hydrogen-bond donors (Lipinski definition) is 2. The van der Waals surface area contributed by atoms with Gasteiger partial charge in [0.2, 0.25) is 0 Å². The molecule has 0 atom stereocenters. The first kappa shape index (κ1) is 15.3. The van der Waals surface area contributed by atoms with Gasteiger partial charge in [-0.25, -0.2) is 4.79 Å². The number of nitro benzene ring substituents is 1. The molecule has 0 bridgehead atoms. The summed E-state index contributed by atoms with van der Waals surface area (Å²) >= 11 is 0. The molecule has 0 saturated carbocycles. The third-order valence-corrected chi connectivity index (χ3v) is 1.30. The maximum Gasteiger partial charge on any atom is 0.335 e. The minimum Gasteiger partial charge on any atom is -0.478 e. The minimum absolute atomic E-state index is 0.0794. The van der Waals surface area contributed by atoms with Gasteiger partial charge in [0.05, 0.1) is 10.5 Å². The standard InChI is InChI=1S/C7H5NO4.C3H10OSi/c9-7(10)5-2-1-3-6(4-5)8(11)12;1-5(2,3)4/h1-4H,(H,9,10);4H,1-3H3. The molecule has 0 fully saturated rings. The lowest BCUT2D eigenvalue weighted by atomic mass is 10.2. The molecule has 6 nitrogen and oxygen atoms in total. The van der Waals surface area contributed by atoms with E-state index in [0.29, 0.717) is 0 Å². The number of carboxylic acid groups (broad SMARTS) is 1. The van der Waals surface area contributed by atoms with Crippen molar-refractivity contribution in [3.8, 4) is 0 Å². The van der Waals surface area contributed by atoms with E-state index in [1.54, 1.807) is 0 Å². The normalized spacial score (nSPS) is 10.1. The maximum absolute atomic E-state index is 10.4. The van der Waals surface area contributed by atoms with Gasteiger partial charge in [-0.2, -0.15) is 0 Å². The SMILES string of the molecule is C[Si](C)(C)O.O=C(O)c1cccc([N+](=O)[O-])c1. The van der Waals surface area contributed by atoms with E-state index in [-0.39, 0.29) is 11.3 Å². The van der Waals surface area contributed by atoms with E-state index in [0.717, 1.165) is 6.07 Å². The first-order chi connectivity index (χ1) is 7.61. The molecule has 0 aliphatic heterocycles. The Morgan fingerprint density at radius 1 is 1.35 bits per heavy atom. The topological polar surface area (TPSA) is 101 Å². The van der Waals surface area contributed by atoms with Gasteiger partial charge in [0.25, 0.3) is 5.69 Å². The molecular formula is C10H15NO5Si. The van der Waals surface area contributed by atoms with Crippen LogP contribution in [0.1, 0.15) is 10.4 Å². The number of hydrogen-bond acceptors (Lipinski definition) is 4. The first-order valence-corrected chi connectivity index (χ1v) is 8.26. The second-order valence-corrected chi connectivity index (χ2v) is 8.63. The Balaban J connectivity index is 0.000000437. The van der Waals surface area contributed by atoms with E-state index in [1.807, 2.05) is 19.6 Å². The van der Waals surface area contributed by atoms with Gasteiger partial charge >= 0.3 is 5.97 Å². The molecule has 0 amide bonds. The lowest BCUT2D eigenvalue weighted by Gasteiger charge is -2.00. The van der Waals surface area contributed by atoms with Gasteiger partial charge in [0, 0.05) is 12.1 Å². The smallest absolute Gasteiger partial charge is 0.335 e. The molecule has 7 heteroatoms. The quantitative estimate of drug-likeness (QED) is 0.480. The summed E-state index contributed by atoms with van der Waals surface area (Å²) in [5, 5.41) is 18.7. The van der Waals surface area contributed by atoms with E-state index < -0.39 is 19.2 Å². The summed E-state index contributed by atoms with van der Waals surface area (Å²) in [6.45, 7) is 5.65. The van der Waals surface area contributed by atoms with Crippen LogP contribution in [0.4, 0.5) is 5.69 Å². The van der Waals surface area contributed by atoms with Crippen molar-refractivity contribution in [3.05, 3.63) is 39.9 Å².